The van der Waals surface area contributed by atoms with Crippen molar-refractivity contribution >= 4 is 11.8 Å². The Bertz CT molecular complexity index is 415. The van der Waals surface area contributed by atoms with Gasteiger partial charge in [-0.05, 0) is 18.8 Å². The number of ether oxygens (including phenoxy) is 1. The minimum atomic E-state index is -0.117. The molecule has 22 heavy (non-hydrogen) atoms. The molecule has 0 radical (unpaired) electrons. The molecule has 3 rings (SSSR count). The fraction of sp³-hybridized carbons (Fsp3) is 0.875. The van der Waals surface area contributed by atoms with Crippen LogP contribution in [0.15, 0.2) is 0 Å². The van der Waals surface area contributed by atoms with Crippen molar-refractivity contribution in [3.8, 4) is 0 Å². The first kappa shape index (κ1) is 15.7. The maximum absolute atomic E-state index is 12.5. The number of likely N-dealkylation sites (tertiary alicyclic amines) is 2. The van der Waals surface area contributed by atoms with Crippen LogP contribution in [0.5, 0.6) is 0 Å². The monoisotopic (exact) mass is 309 g/mol. The van der Waals surface area contributed by atoms with Crippen LogP contribution >= 0.6 is 0 Å². The lowest BCUT2D eigenvalue weighted by Gasteiger charge is -2.36. The number of piperidine rings is 1. The van der Waals surface area contributed by atoms with E-state index in [0.717, 1.165) is 58.8 Å². The van der Waals surface area contributed by atoms with Gasteiger partial charge in [0.05, 0.1) is 19.1 Å². The zero-order valence-electron chi connectivity index (χ0n) is 13.5. The molecule has 3 aliphatic rings. The molecule has 6 nitrogen and oxygen atoms in total. The molecule has 0 aliphatic carbocycles. The summed E-state index contributed by atoms with van der Waals surface area (Å²) in [5, 5.41) is 0. The van der Waals surface area contributed by atoms with Crippen LogP contribution in [-0.2, 0) is 14.3 Å². The Labute approximate surface area is 132 Å². The number of amides is 2. The summed E-state index contributed by atoms with van der Waals surface area (Å²) in [6.07, 6.45) is 2.56. The van der Waals surface area contributed by atoms with Crippen LogP contribution in [-0.4, -0.2) is 86.0 Å². The highest BCUT2D eigenvalue weighted by atomic mass is 16.5. The zero-order chi connectivity index (χ0) is 15.5. The molecule has 3 fully saturated rings. The number of hydrogen-bond acceptors (Lipinski definition) is 4. The normalized spacial score (nSPS) is 28.4. The smallest absolute Gasteiger partial charge is 0.227 e. The highest BCUT2D eigenvalue weighted by Crippen LogP contribution is 2.24. The minimum absolute atomic E-state index is 0.0977. The number of morpholine rings is 1. The maximum Gasteiger partial charge on any atom is 0.227 e. The summed E-state index contributed by atoms with van der Waals surface area (Å²) >= 11 is 0. The molecule has 0 aromatic heterocycles. The maximum atomic E-state index is 12.5. The minimum Gasteiger partial charge on any atom is -0.379 e. The van der Waals surface area contributed by atoms with Gasteiger partial charge in [0.15, 0.2) is 0 Å². The van der Waals surface area contributed by atoms with Gasteiger partial charge in [0.25, 0.3) is 0 Å². The first-order chi connectivity index (χ1) is 10.6. The van der Waals surface area contributed by atoms with E-state index in [2.05, 4.69) is 4.90 Å². The van der Waals surface area contributed by atoms with Crippen molar-refractivity contribution in [3.63, 3.8) is 0 Å². The molecule has 0 aromatic carbocycles. The third-order valence-corrected chi connectivity index (χ3v) is 5.24. The van der Waals surface area contributed by atoms with Gasteiger partial charge in [-0.25, -0.2) is 0 Å². The van der Waals surface area contributed by atoms with Crippen LogP contribution < -0.4 is 0 Å². The van der Waals surface area contributed by atoms with Gasteiger partial charge in [-0.1, -0.05) is 0 Å². The number of carbonyl (C=O) groups is 2. The summed E-state index contributed by atoms with van der Waals surface area (Å²) < 4.78 is 5.39. The Morgan fingerprint density at radius 1 is 1.18 bits per heavy atom. The fourth-order valence-electron chi connectivity index (χ4n) is 3.77. The molecule has 0 aromatic rings. The van der Waals surface area contributed by atoms with Gasteiger partial charge < -0.3 is 14.5 Å². The van der Waals surface area contributed by atoms with E-state index in [1.54, 1.807) is 11.9 Å². The van der Waals surface area contributed by atoms with E-state index in [1.165, 1.54) is 0 Å². The van der Waals surface area contributed by atoms with Crippen LogP contribution in [0.25, 0.3) is 0 Å². The van der Waals surface area contributed by atoms with E-state index in [-0.39, 0.29) is 17.7 Å². The summed E-state index contributed by atoms with van der Waals surface area (Å²) in [7, 11) is 1.78. The van der Waals surface area contributed by atoms with Gasteiger partial charge in [0.2, 0.25) is 11.8 Å². The third-order valence-electron chi connectivity index (χ3n) is 5.24. The van der Waals surface area contributed by atoms with Gasteiger partial charge >= 0.3 is 0 Å². The molecule has 3 saturated heterocycles. The molecule has 124 valence electrons. The molecular formula is C16H27N3O3. The van der Waals surface area contributed by atoms with E-state index in [4.69, 9.17) is 4.74 Å². The molecule has 3 heterocycles. The van der Waals surface area contributed by atoms with Crippen molar-refractivity contribution in [3.05, 3.63) is 0 Å². The van der Waals surface area contributed by atoms with Crippen LogP contribution in [0.4, 0.5) is 0 Å². The quantitative estimate of drug-likeness (QED) is 0.738. The van der Waals surface area contributed by atoms with E-state index in [9.17, 15) is 9.59 Å². The Morgan fingerprint density at radius 3 is 2.45 bits per heavy atom. The van der Waals surface area contributed by atoms with Gasteiger partial charge in [-0.2, -0.15) is 0 Å². The van der Waals surface area contributed by atoms with Crippen LogP contribution in [0.2, 0.25) is 0 Å². The van der Waals surface area contributed by atoms with E-state index in [1.807, 2.05) is 4.90 Å². The molecular weight excluding hydrogens is 282 g/mol. The lowest BCUT2D eigenvalue weighted by atomic mass is 9.94. The van der Waals surface area contributed by atoms with E-state index >= 15 is 0 Å². The van der Waals surface area contributed by atoms with Crippen LogP contribution in [0, 0.1) is 11.8 Å². The van der Waals surface area contributed by atoms with Crippen molar-refractivity contribution in [1.82, 2.24) is 14.7 Å². The third kappa shape index (κ3) is 3.60. The Hall–Kier alpha value is -1.14. The molecule has 0 spiro atoms. The Morgan fingerprint density at radius 2 is 1.86 bits per heavy atom. The second-order valence-electron chi connectivity index (χ2n) is 6.86. The predicted octanol–water partition coefficient (Wildman–Crippen LogP) is 0.0355. The van der Waals surface area contributed by atoms with E-state index in [0.29, 0.717) is 18.9 Å². The molecule has 0 saturated carbocycles. The van der Waals surface area contributed by atoms with Gasteiger partial charge in [-0.15, -0.1) is 0 Å². The summed E-state index contributed by atoms with van der Waals surface area (Å²) in [5.41, 5.74) is 0. The number of carbonyl (C=O) groups excluding carboxylic acids is 2. The summed E-state index contributed by atoms with van der Waals surface area (Å²) in [5.74, 6) is 0.853. The van der Waals surface area contributed by atoms with Crippen molar-refractivity contribution in [2.45, 2.75) is 19.3 Å². The summed E-state index contributed by atoms with van der Waals surface area (Å²) in [6.45, 7) is 7.19. The highest BCUT2D eigenvalue weighted by Gasteiger charge is 2.36. The molecule has 0 bridgehead atoms. The SMILES string of the molecule is CN1C[C@@H](C(=O)N2CCC(CN3CCOCC3)CC2)CC1=O. The lowest BCUT2D eigenvalue weighted by Crippen LogP contribution is -2.45. The molecule has 6 heteroatoms. The summed E-state index contributed by atoms with van der Waals surface area (Å²) in [4.78, 5) is 30.2. The Balaban J connectivity index is 1.43. The zero-order valence-corrected chi connectivity index (χ0v) is 13.5. The van der Waals surface area contributed by atoms with Gasteiger partial charge in [0.1, 0.15) is 0 Å². The molecule has 1 atom stereocenters. The lowest BCUT2D eigenvalue weighted by molar-refractivity contribution is -0.137. The average molecular weight is 309 g/mol. The topological polar surface area (TPSA) is 53.1 Å². The van der Waals surface area contributed by atoms with Crippen LogP contribution in [0.3, 0.4) is 0 Å². The van der Waals surface area contributed by atoms with E-state index < -0.39 is 0 Å². The second kappa shape index (κ2) is 6.96. The number of nitrogens with zero attached hydrogens (tertiary/aromatic N) is 3. The first-order valence-corrected chi connectivity index (χ1v) is 8.46. The van der Waals surface area contributed by atoms with Crippen molar-refractivity contribution in [2.24, 2.45) is 11.8 Å². The molecule has 0 N–H and O–H groups in total. The summed E-state index contributed by atoms with van der Waals surface area (Å²) in [6, 6.07) is 0. The first-order valence-electron chi connectivity index (χ1n) is 8.46. The molecule has 0 unspecified atom stereocenters. The number of rotatable bonds is 3. The van der Waals surface area contributed by atoms with Crippen molar-refractivity contribution in [1.29, 1.82) is 0 Å². The van der Waals surface area contributed by atoms with Crippen LogP contribution in [0.1, 0.15) is 19.3 Å². The fourth-order valence-corrected chi connectivity index (χ4v) is 3.77. The number of hydrogen-bond donors (Lipinski definition) is 0. The largest absolute Gasteiger partial charge is 0.379 e. The average Bonchev–Trinajstić information content (AvgIpc) is 2.88. The van der Waals surface area contributed by atoms with Crippen molar-refractivity contribution in [2.75, 3.05) is 59.5 Å². The van der Waals surface area contributed by atoms with Gasteiger partial charge in [-0.3, -0.25) is 14.5 Å². The predicted molar refractivity (Wildman–Crippen MR) is 82.3 cm³/mol. The molecule has 3 aliphatic heterocycles. The van der Waals surface area contributed by atoms with Crippen molar-refractivity contribution < 1.29 is 14.3 Å². The second-order valence-corrected chi connectivity index (χ2v) is 6.86. The Kier molecular flexibility index (Phi) is 4.98. The van der Waals surface area contributed by atoms with Gasteiger partial charge in [0, 0.05) is 52.7 Å². The highest BCUT2D eigenvalue weighted by molar-refractivity contribution is 5.89. The standard InChI is InChI=1S/C16H27N3O3/c1-17-12-14(10-15(17)20)16(21)19-4-2-13(3-5-19)11-18-6-8-22-9-7-18/h13-14H,2-12H2,1H3/t14-/m0/s1. The molecule has 2 amide bonds.